The first-order chi connectivity index (χ1) is 16.2. The lowest BCUT2D eigenvalue weighted by Gasteiger charge is -2.17. The molecule has 34 heavy (non-hydrogen) atoms. The number of hydrogen-bond donors (Lipinski definition) is 2. The molecule has 0 aromatic heterocycles. The fourth-order valence-electron chi connectivity index (χ4n) is 3.13. The molecule has 3 amide bonds. The highest BCUT2D eigenvalue weighted by Crippen LogP contribution is 2.21. The summed E-state index contributed by atoms with van der Waals surface area (Å²) in [6.45, 7) is -0.953. The van der Waals surface area contributed by atoms with Gasteiger partial charge in [0.25, 0.3) is 23.2 Å². The molecule has 1 aliphatic rings. The molecule has 0 aliphatic carbocycles. The number of amides is 3. The molecule has 2 N–H and O–H groups in total. The number of rotatable bonds is 8. The van der Waals surface area contributed by atoms with Crippen LogP contribution in [0.25, 0.3) is 0 Å². The third-order valence-electron chi connectivity index (χ3n) is 4.73. The van der Waals surface area contributed by atoms with E-state index in [-0.39, 0.29) is 29.9 Å². The van der Waals surface area contributed by atoms with Crippen LogP contribution in [0.4, 0.5) is 17.1 Å². The van der Waals surface area contributed by atoms with E-state index in [0.717, 1.165) is 17.1 Å². The van der Waals surface area contributed by atoms with Crippen LogP contribution in [0.3, 0.4) is 0 Å². The largest absolute Gasteiger partial charge is 0.455 e. The van der Waals surface area contributed by atoms with Gasteiger partial charge in [-0.3, -0.25) is 49.8 Å². The van der Waals surface area contributed by atoms with Crippen LogP contribution in [0.15, 0.2) is 48.5 Å². The Bertz CT molecular complexity index is 1180. The molecule has 1 heterocycles. The number of ether oxygens (including phenoxy) is 1. The number of esters is 1. The van der Waals surface area contributed by atoms with Crippen molar-refractivity contribution in [2.24, 2.45) is 5.92 Å². The quantitative estimate of drug-likeness (QED) is 0.323. The minimum Gasteiger partial charge on any atom is -0.455 e. The molecule has 14 nitrogen and oxygen atoms in total. The lowest BCUT2D eigenvalue weighted by atomic mass is 10.1. The van der Waals surface area contributed by atoms with Crippen LogP contribution in [0.1, 0.15) is 16.8 Å². The predicted octanol–water partition coefficient (Wildman–Crippen LogP) is 1.18. The summed E-state index contributed by atoms with van der Waals surface area (Å²) >= 11 is 0. The topological polar surface area (TPSA) is 191 Å². The Kier molecular flexibility index (Phi) is 7.10. The molecular weight excluding hydrogens is 454 g/mol. The van der Waals surface area contributed by atoms with Crippen molar-refractivity contribution in [2.45, 2.75) is 6.42 Å². The molecule has 1 atom stereocenters. The van der Waals surface area contributed by atoms with Gasteiger partial charge in [0.2, 0.25) is 5.91 Å². The summed E-state index contributed by atoms with van der Waals surface area (Å²) in [5.41, 5.74) is 1.43. The maximum absolute atomic E-state index is 12.4. The maximum Gasteiger partial charge on any atom is 0.311 e. The summed E-state index contributed by atoms with van der Waals surface area (Å²) in [5, 5.41) is 25.1. The molecule has 0 spiro atoms. The predicted molar refractivity (Wildman–Crippen MR) is 113 cm³/mol. The number of carbonyl (C=O) groups excluding carboxylic acids is 4. The lowest BCUT2D eigenvalue weighted by Crippen LogP contribution is -2.43. The van der Waals surface area contributed by atoms with Gasteiger partial charge >= 0.3 is 5.97 Å². The molecule has 3 rings (SSSR count). The molecule has 0 saturated carbocycles. The fraction of sp³-hybridized carbons (Fsp3) is 0.200. The first kappa shape index (κ1) is 23.8. The number of nitro benzene ring substituents is 2. The van der Waals surface area contributed by atoms with Crippen LogP contribution in [-0.4, -0.2) is 51.7 Å². The van der Waals surface area contributed by atoms with Crippen molar-refractivity contribution in [1.29, 1.82) is 0 Å². The van der Waals surface area contributed by atoms with Crippen molar-refractivity contribution in [2.75, 3.05) is 18.5 Å². The summed E-state index contributed by atoms with van der Waals surface area (Å²) in [7, 11) is 0. The summed E-state index contributed by atoms with van der Waals surface area (Å²) in [6, 6.07) is 10.3. The van der Waals surface area contributed by atoms with Crippen molar-refractivity contribution >= 4 is 40.8 Å². The highest BCUT2D eigenvalue weighted by atomic mass is 16.6. The van der Waals surface area contributed by atoms with Crippen molar-refractivity contribution in [1.82, 2.24) is 10.4 Å². The Hall–Kier alpha value is -4.88. The summed E-state index contributed by atoms with van der Waals surface area (Å²) in [4.78, 5) is 69.3. The van der Waals surface area contributed by atoms with Crippen LogP contribution in [0, 0.1) is 26.1 Å². The molecule has 1 saturated heterocycles. The van der Waals surface area contributed by atoms with E-state index in [1.807, 2.05) is 0 Å². The van der Waals surface area contributed by atoms with Crippen LogP contribution in [0.2, 0.25) is 0 Å². The molecule has 2 aromatic rings. The zero-order valence-electron chi connectivity index (χ0n) is 17.3. The SMILES string of the molecule is O=C(COC(=O)[C@H]1CC(=O)N(NC(=O)c2ccccc2[N+](=O)[O-])C1)Nc1cccc([N+](=O)[O-])c1. The number of hydrogen-bond acceptors (Lipinski definition) is 9. The summed E-state index contributed by atoms with van der Waals surface area (Å²) in [6.07, 6.45) is -0.303. The molecule has 0 radical (unpaired) electrons. The standard InChI is InChI=1S/C20H17N5O9/c26-17(21-13-4-3-5-14(9-13)24(30)31)11-34-20(29)12-8-18(27)23(10-12)22-19(28)15-6-1-2-7-16(15)25(32)33/h1-7,9,12H,8,10-11H2,(H,21,26)(H,22,28)/t12-/m0/s1. The van der Waals surface area contributed by atoms with Gasteiger partial charge in [-0.2, -0.15) is 0 Å². The van der Waals surface area contributed by atoms with E-state index in [4.69, 9.17) is 4.74 Å². The van der Waals surface area contributed by atoms with E-state index in [1.165, 1.54) is 36.4 Å². The van der Waals surface area contributed by atoms with Gasteiger partial charge in [-0.05, 0) is 12.1 Å². The van der Waals surface area contributed by atoms with E-state index in [2.05, 4.69) is 10.7 Å². The van der Waals surface area contributed by atoms with Gasteiger partial charge in [0.05, 0.1) is 22.3 Å². The van der Waals surface area contributed by atoms with Gasteiger partial charge in [0.15, 0.2) is 6.61 Å². The van der Waals surface area contributed by atoms with Gasteiger partial charge in [-0.15, -0.1) is 0 Å². The number of anilines is 1. The van der Waals surface area contributed by atoms with Crippen molar-refractivity contribution in [3.05, 3.63) is 74.3 Å². The second-order valence-corrected chi connectivity index (χ2v) is 7.08. The first-order valence-electron chi connectivity index (χ1n) is 9.71. The summed E-state index contributed by atoms with van der Waals surface area (Å²) < 4.78 is 4.91. The molecule has 176 valence electrons. The third kappa shape index (κ3) is 5.67. The molecule has 1 fully saturated rings. The Labute approximate surface area is 190 Å². The maximum atomic E-state index is 12.4. The average Bonchev–Trinajstić information content (AvgIpc) is 3.17. The number of non-ortho nitro benzene ring substituents is 1. The minimum absolute atomic E-state index is 0.134. The molecular formula is C20H17N5O9. The number of nitro groups is 2. The van der Waals surface area contributed by atoms with E-state index in [1.54, 1.807) is 0 Å². The Morgan fingerprint density at radius 2 is 1.79 bits per heavy atom. The number of carbonyl (C=O) groups is 4. The fourth-order valence-corrected chi connectivity index (χ4v) is 3.13. The Morgan fingerprint density at radius 1 is 1.06 bits per heavy atom. The number of nitrogens with one attached hydrogen (secondary N) is 2. The zero-order valence-corrected chi connectivity index (χ0v) is 17.3. The number of hydrazine groups is 1. The summed E-state index contributed by atoms with van der Waals surface area (Å²) in [5.74, 6) is -4.12. The van der Waals surface area contributed by atoms with Gasteiger partial charge in [-0.25, -0.2) is 0 Å². The van der Waals surface area contributed by atoms with Crippen LogP contribution >= 0.6 is 0 Å². The van der Waals surface area contributed by atoms with E-state index in [9.17, 15) is 39.4 Å². The highest BCUT2D eigenvalue weighted by molar-refractivity contribution is 5.99. The molecule has 0 unspecified atom stereocenters. The number of nitrogens with zero attached hydrogens (tertiary/aromatic N) is 3. The van der Waals surface area contributed by atoms with Gasteiger partial charge in [0.1, 0.15) is 5.56 Å². The lowest BCUT2D eigenvalue weighted by molar-refractivity contribution is -0.385. The normalized spacial score (nSPS) is 14.9. The second kappa shape index (κ2) is 10.2. The minimum atomic E-state index is -0.982. The second-order valence-electron chi connectivity index (χ2n) is 7.08. The Balaban J connectivity index is 1.52. The van der Waals surface area contributed by atoms with E-state index in [0.29, 0.717) is 0 Å². The van der Waals surface area contributed by atoms with Crippen LogP contribution in [-0.2, 0) is 19.1 Å². The van der Waals surface area contributed by atoms with Gasteiger partial charge in [-0.1, -0.05) is 18.2 Å². The van der Waals surface area contributed by atoms with Crippen molar-refractivity contribution in [3.8, 4) is 0 Å². The van der Waals surface area contributed by atoms with Gasteiger partial charge < -0.3 is 10.1 Å². The van der Waals surface area contributed by atoms with Crippen molar-refractivity contribution < 1.29 is 33.8 Å². The smallest absolute Gasteiger partial charge is 0.311 e. The molecule has 1 aliphatic heterocycles. The highest BCUT2D eigenvalue weighted by Gasteiger charge is 2.37. The Morgan fingerprint density at radius 3 is 2.50 bits per heavy atom. The van der Waals surface area contributed by atoms with Crippen LogP contribution in [0.5, 0.6) is 0 Å². The molecule has 2 aromatic carbocycles. The monoisotopic (exact) mass is 471 g/mol. The third-order valence-corrected chi connectivity index (χ3v) is 4.73. The number of benzene rings is 2. The average molecular weight is 471 g/mol. The zero-order chi connectivity index (χ0) is 24.8. The van der Waals surface area contributed by atoms with Crippen molar-refractivity contribution in [3.63, 3.8) is 0 Å². The van der Waals surface area contributed by atoms with E-state index >= 15 is 0 Å². The molecule has 0 bridgehead atoms. The molecule has 14 heteroatoms. The van der Waals surface area contributed by atoms with E-state index < -0.39 is 51.7 Å². The van der Waals surface area contributed by atoms with Gasteiger partial charge in [0, 0.05) is 30.3 Å². The van der Waals surface area contributed by atoms with Crippen LogP contribution < -0.4 is 10.7 Å². The number of para-hydroxylation sites is 1. The first-order valence-corrected chi connectivity index (χ1v) is 9.71.